The SMILES string of the molecule is O=C(CCc1ccco1)Nc1cc(F)ccc1OC[C@@H]1CCCO1. The number of hydrogen-bond acceptors (Lipinski definition) is 4. The minimum atomic E-state index is -0.430. The van der Waals surface area contributed by atoms with Crippen molar-refractivity contribution in [1.29, 1.82) is 0 Å². The van der Waals surface area contributed by atoms with Gasteiger partial charge in [-0.25, -0.2) is 4.39 Å². The van der Waals surface area contributed by atoms with Crippen LogP contribution in [-0.2, 0) is 16.0 Å². The monoisotopic (exact) mass is 333 g/mol. The average Bonchev–Trinajstić information content (AvgIpc) is 3.26. The molecule has 5 nitrogen and oxygen atoms in total. The maximum absolute atomic E-state index is 13.5. The van der Waals surface area contributed by atoms with Crippen LogP contribution in [0.5, 0.6) is 5.75 Å². The maximum Gasteiger partial charge on any atom is 0.224 e. The molecule has 128 valence electrons. The molecular weight excluding hydrogens is 313 g/mol. The van der Waals surface area contributed by atoms with E-state index in [0.717, 1.165) is 25.2 Å². The fourth-order valence-corrected chi connectivity index (χ4v) is 2.59. The topological polar surface area (TPSA) is 60.7 Å². The molecule has 2 aromatic rings. The number of nitrogens with one attached hydrogen (secondary N) is 1. The highest BCUT2D eigenvalue weighted by atomic mass is 19.1. The van der Waals surface area contributed by atoms with E-state index in [4.69, 9.17) is 13.9 Å². The Bertz CT molecular complexity index is 666. The van der Waals surface area contributed by atoms with Crippen molar-refractivity contribution in [2.24, 2.45) is 0 Å². The molecule has 1 N–H and O–H groups in total. The highest BCUT2D eigenvalue weighted by Gasteiger charge is 2.17. The summed E-state index contributed by atoms with van der Waals surface area (Å²) in [5.41, 5.74) is 0.331. The molecule has 2 heterocycles. The van der Waals surface area contributed by atoms with E-state index < -0.39 is 5.82 Å². The van der Waals surface area contributed by atoms with E-state index in [2.05, 4.69) is 5.32 Å². The van der Waals surface area contributed by atoms with Gasteiger partial charge in [0.15, 0.2) is 0 Å². The van der Waals surface area contributed by atoms with Gasteiger partial charge in [0.05, 0.1) is 18.1 Å². The third kappa shape index (κ3) is 4.58. The highest BCUT2D eigenvalue weighted by molar-refractivity contribution is 5.92. The van der Waals surface area contributed by atoms with Gasteiger partial charge in [0, 0.05) is 25.5 Å². The summed E-state index contributed by atoms with van der Waals surface area (Å²) in [4.78, 5) is 12.1. The lowest BCUT2D eigenvalue weighted by Gasteiger charge is -2.15. The number of halogens is 1. The van der Waals surface area contributed by atoms with Crippen LogP contribution in [0.4, 0.5) is 10.1 Å². The fourth-order valence-electron chi connectivity index (χ4n) is 2.59. The van der Waals surface area contributed by atoms with Crippen LogP contribution in [0.25, 0.3) is 0 Å². The molecule has 1 saturated heterocycles. The average molecular weight is 333 g/mol. The van der Waals surface area contributed by atoms with Gasteiger partial charge < -0.3 is 19.2 Å². The number of benzene rings is 1. The molecular formula is C18H20FNO4. The van der Waals surface area contributed by atoms with Crippen LogP contribution in [0, 0.1) is 5.82 Å². The lowest BCUT2D eigenvalue weighted by molar-refractivity contribution is -0.116. The number of hydrogen-bond donors (Lipinski definition) is 1. The second kappa shape index (κ2) is 7.97. The molecule has 24 heavy (non-hydrogen) atoms. The predicted molar refractivity (Wildman–Crippen MR) is 86.5 cm³/mol. The summed E-state index contributed by atoms with van der Waals surface area (Å²) < 4.78 is 29.9. The summed E-state index contributed by atoms with van der Waals surface area (Å²) in [6, 6.07) is 7.67. The molecule has 0 bridgehead atoms. The first kappa shape index (κ1) is 16.5. The summed E-state index contributed by atoms with van der Waals surface area (Å²) >= 11 is 0. The smallest absolute Gasteiger partial charge is 0.224 e. The fraction of sp³-hybridized carbons (Fsp3) is 0.389. The predicted octanol–water partition coefficient (Wildman–Crippen LogP) is 3.55. The molecule has 6 heteroatoms. The van der Waals surface area contributed by atoms with Crippen molar-refractivity contribution in [3.05, 3.63) is 48.2 Å². The first-order valence-electron chi connectivity index (χ1n) is 8.07. The molecule has 0 unspecified atom stereocenters. The number of aryl methyl sites for hydroxylation is 1. The van der Waals surface area contributed by atoms with E-state index in [-0.39, 0.29) is 18.4 Å². The van der Waals surface area contributed by atoms with E-state index in [9.17, 15) is 9.18 Å². The molecule has 0 saturated carbocycles. The van der Waals surface area contributed by atoms with Gasteiger partial charge in [0.2, 0.25) is 5.91 Å². The van der Waals surface area contributed by atoms with Crippen molar-refractivity contribution in [1.82, 2.24) is 0 Å². The van der Waals surface area contributed by atoms with Gasteiger partial charge in [-0.05, 0) is 37.1 Å². The zero-order valence-corrected chi connectivity index (χ0v) is 13.3. The number of rotatable bonds is 7. The molecule has 3 rings (SSSR count). The van der Waals surface area contributed by atoms with Gasteiger partial charge in [0.25, 0.3) is 0 Å². The molecule has 0 radical (unpaired) electrons. The van der Waals surface area contributed by atoms with Gasteiger partial charge in [-0.2, -0.15) is 0 Å². The molecule has 0 aliphatic carbocycles. The minimum Gasteiger partial charge on any atom is -0.489 e. The molecule has 1 atom stereocenters. The summed E-state index contributed by atoms with van der Waals surface area (Å²) in [5, 5.41) is 2.70. The Hall–Kier alpha value is -2.34. The molecule has 1 aliphatic heterocycles. The van der Waals surface area contributed by atoms with Crippen molar-refractivity contribution >= 4 is 11.6 Å². The van der Waals surface area contributed by atoms with Crippen LogP contribution in [0.2, 0.25) is 0 Å². The Labute approximate surface area is 139 Å². The van der Waals surface area contributed by atoms with E-state index in [1.54, 1.807) is 12.3 Å². The molecule has 1 fully saturated rings. The Morgan fingerprint density at radius 1 is 1.38 bits per heavy atom. The van der Waals surface area contributed by atoms with E-state index in [1.165, 1.54) is 18.2 Å². The third-order valence-electron chi connectivity index (χ3n) is 3.84. The van der Waals surface area contributed by atoms with E-state index in [0.29, 0.717) is 24.5 Å². The number of carbonyl (C=O) groups excluding carboxylic acids is 1. The van der Waals surface area contributed by atoms with Crippen LogP contribution in [0.15, 0.2) is 41.0 Å². The van der Waals surface area contributed by atoms with Crippen LogP contribution in [-0.4, -0.2) is 25.2 Å². The Balaban J connectivity index is 1.58. The standard InChI is InChI=1S/C18H20FNO4/c19-13-5-7-17(24-12-15-4-2-10-23-15)16(11-13)20-18(21)8-6-14-3-1-9-22-14/h1,3,5,7,9,11,15H,2,4,6,8,10,12H2,(H,20,21)/t15-/m0/s1. The van der Waals surface area contributed by atoms with Gasteiger partial charge in [-0.1, -0.05) is 0 Å². The Morgan fingerprint density at radius 2 is 2.29 bits per heavy atom. The molecule has 1 aliphatic rings. The highest BCUT2D eigenvalue weighted by Crippen LogP contribution is 2.27. The van der Waals surface area contributed by atoms with E-state index in [1.807, 2.05) is 6.07 Å². The van der Waals surface area contributed by atoms with Crippen LogP contribution < -0.4 is 10.1 Å². The van der Waals surface area contributed by atoms with Gasteiger partial charge in [-0.3, -0.25) is 4.79 Å². The van der Waals surface area contributed by atoms with Gasteiger partial charge in [-0.15, -0.1) is 0 Å². The van der Waals surface area contributed by atoms with Gasteiger partial charge >= 0.3 is 0 Å². The summed E-state index contributed by atoms with van der Waals surface area (Å²) in [6.07, 6.45) is 4.32. The zero-order chi connectivity index (χ0) is 16.8. The summed E-state index contributed by atoms with van der Waals surface area (Å²) in [5.74, 6) is 0.525. The lowest BCUT2D eigenvalue weighted by atomic mass is 10.2. The summed E-state index contributed by atoms with van der Waals surface area (Å²) in [6.45, 7) is 1.13. The van der Waals surface area contributed by atoms with Crippen molar-refractivity contribution in [3.63, 3.8) is 0 Å². The first-order chi connectivity index (χ1) is 11.7. The minimum absolute atomic E-state index is 0.0533. The van der Waals surface area contributed by atoms with E-state index >= 15 is 0 Å². The number of anilines is 1. The number of ether oxygens (including phenoxy) is 2. The van der Waals surface area contributed by atoms with Crippen molar-refractivity contribution in [2.75, 3.05) is 18.5 Å². The van der Waals surface area contributed by atoms with Crippen LogP contribution in [0.3, 0.4) is 0 Å². The van der Waals surface area contributed by atoms with Crippen LogP contribution >= 0.6 is 0 Å². The third-order valence-corrected chi connectivity index (χ3v) is 3.84. The molecule has 1 aromatic heterocycles. The second-order valence-corrected chi connectivity index (χ2v) is 5.71. The Morgan fingerprint density at radius 3 is 3.04 bits per heavy atom. The number of furan rings is 1. The van der Waals surface area contributed by atoms with Gasteiger partial charge in [0.1, 0.15) is 23.9 Å². The Kier molecular flexibility index (Phi) is 5.48. The molecule has 1 aromatic carbocycles. The zero-order valence-electron chi connectivity index (χ0n) is 13.3. The first-order valence-corrected chi connectivity index (χ1v) is 8.07. The van der Waals surface area contributed by atoms with Crippen molar-refractivity contribution in [3.8, 4) is 5.75 Å². The lowest BCUT2D eigenvalue weighted by Crippen LogP contribution is -2.18. The van der Waals surface area contributed by atoms with Crippen LogP contribution in [0.1, 0.15) is 25.0 Å². The summed E-state index contributed by atoms with van der Waals surface area (Å²) in [7, 11) is 0. The molecule has 1 amide bonds. The van der Waals surface area contributed by atoms with Crippen molar-refractivity contribution < 1.29 is 23.1 Å². The maximum atomic E-state index is 13.5. The normalized spacial score (nSPS) is 17.0. The molecule has 0 spiro atoms. The number of amides is 1. The second-order valence-electron chi connectivity index (χ2n) is 5.71. The largest absolute Gasteiger partial charge is 0.489 e. The van der Waals surface area contributed by atoms with Crippen molar-refractivity contribution in [2.45, 2.75) is 31.8 Å². The quantitative estimate of drug-likeness (QED) is 0.842. The number of carbonyl (C=O) groups is 1.